The van der Waals surface area contributed by atoms with Gasteiger partial charge in [-0.3, -0.25) is 4.90 Å². The van der Waals surface area contributed by atoms with E-state index in [1.807, 2.05) is 49.2 Å². The number of nitrogens with one attached hydrogen (secondary N) is 1. The van der Waals surface area contributed by atoms with E-state index >= 15 is 0 Å². The molecular weight excluding hydrogens is 710 g/mol. The molecular formula is C36H40FN7O4S3. The lowest BCUT2D eigenvalue weighted by Crippen LogP contribution is -2.21. The number of anilines is 4. The molecule has 15 heteroatoms. The van der Waals surface area contributed by atoms with E-state index in [-0.39, 0.29) is 24.7 Å². The molecule has 3 aromatic heterocycles. The Balaban J connectivity index is 1.24. The molecule has 11 nitrogen and oxygen atoms in total. The fourth-order valence-electron chi connectivity index (χ4n) is 5.04. The Hall–Kier alpha value is -4.33. The highest BCUT2D eigenvalue weighted by Crippen LogP contribution is 2.34. The fraction of sp³-hybridized carbons (Fsp3) is 0.361. The number of nitrogens with zero attached hydrogens (tertiary/aromatic N) is 6. The summed E-state index contributed by atoms with van der Waals surface area (Å²) in [6, 6.07) is 14.4. The van der Waals surface area contributed by atoms with Crippen LogP contribution in [0.2, 0.25) is 0 Å². The number of thiazole rings is 2. The third-order valence-electron chi connectivity index (χ3n) is 7.69. The minimum absolute atomic E-state index is 0.0262. The summed E-state index contributed by atoms with van der Waals surface area (Å²) in [6.07, 6.45) is 2.96. The first-order chi connectivity index (χ1) is 24.7. The Morgan fingerprint density at radius 3 is 2.65 bits per heavy atom. The molecule has 0 saturated heterocycles. The van der Waals surface area contributed by atoms with Crippen LogP contribution in [0.15, 0.2) is 48.5 Å². The molecule has 0 bridgehead atoms. The Morgan fingerprint density at radius 2 is 1.90 bits per heavy atom. The smallest absolute Gasteiger partial charge is 0.355 e. The number of benzene rings is 2. The van der Waals surface area contributed by atoms with Gasteiger partial charge in [-0.2, -0.15) is 12.6 Å². The van der Waals surface area contributed by atoms with Gasteiger partial charge in [0, 0.05) is 23.6 Å². The minimum Gasteiger partial charge on any atom is -0.491 e. The lowest BCUT2D eigenvalue weighted by atomic mass is 10.2. The first-order valence-electron chi connectivity index (χ1n) is 16.5. The number of halogens is 1. The Labute approximate surface area is 310 Å². The van der Waals surface area contributed by atoms with Gasteiger partial charge < -0.3 is 25.2 Å². The second-order valence-electron chi connectivity index (χ2n) is 11.7. The van der Waals surface area contributed by atoms with E-state index < -0.39 is 11.8 Å². The molecule has 0 spiro atoms. The number of para-hydroxylation sites is 1. The fourth-order valence-corrected chi connectivity index (χ4v) is 7.18. The zero-order chi connectivity index (χ0) is 36.2. The van der Waals surface area contributed by atoms with Crippen LogP contribution in [0.25, 0.3) is 10.2 Å². The highest BCUT2D eigenvalue weighted by Gasteiger charge is 2.23. The molecule has 268 valence electrons. The second-order valence-corrected chi connectivity index (χ2v) is 14.3. The molecule has 0 atom stereocenters. The zero-order valence-corrected chi connectivity index (χ0v) is 31.0. The molecule has 2 aromatic carbocycles. The van der Waals surface area contributed by atoms with Crippen molar-refractivity contribution in [2.75, 3.05) is 55.9 Å². The van der Waals surface area contributed by atoms with Gasteiger partial charge in [-0.15, -0.1) is 21.5 Å². The van der Waals surface area contributed by atoms with Crippen LogP contribution in [-0.4, -0.2) is 86.9 Å². The third-order valence-corrected chi connectivity index (χ3v) is 10.1. The van der Waals surface area contributed by atoms with Crippen LogP contribution in [0, 0.1) is 24.6 Å². The quantitative estimate of drug-likeness (QED) is 0.0421. The molecule has 51 heavy (non-hydrogen) atoms. The van der Waals surface area contributed by atoms with Crippen molar-refractivity contribution >= 4 is 73.4 Å². The third kappa shape index (κ3) is 10.6. The molecule has 0 aliphatic rings. The predicted octanol–water partition coefficient (Wildman–Crippen LogP) is 6.96. The molecule has 0 aliphatic carbocycles. The van der Waals surface area contributed by atoms with Crippen LogP contribution in [0.1, 0.15) is 52.2 Å². The van der Waals surface area contributed by atoms with Crippen molar-refractivity contribution in [2.45, 2.75) is 39.0 Å². The van der Waals surface area contributed by atoms with Gasteiger partial charge in [-0.1, -0.05) is 35.3 Å². The number of aliphatic hydroxyl groups excluding tert-OH is 1. The van der Waals surface area contributed by atoms with E-state index in [2.05, 4.69) is 54.9 Å². The van der Waals surface area contributed by atoms with Crippen molar-refractivity contribution in [2.24, 2.45) is 0 Å². The number of carboxylic acid groups (broad SMARTS) is 1. The van der Waals surface area contributed by atoms with Gasteiger partial charge in [-0.05, 0) is 100 Å². The van der Waals surface area contributed by atoms with Crippen LogP contribution in [0.5, 0.6) is 5.75 Å². The van der Waals surface area contributed by atoms with Gasteiger partial charge in [0.1, 0.15) is 0 Å². The molecule has 3 heterocycles. The number of hydrogen-bond donors (Lipinski definition) is 4. The maximum Gasteiger partial charge on any atom is 0.355 e. The first kappa shape index (κ1) is 37.9. The summed E-state index contributed by atoms with van der Waals surface area (Å²) in [5, 5.41) is 32.7. The maximum absolute atomic E-state index is 14.8. The molecule has 3 N–H and O–H groups in total. The van der Waals surface area contributed by atoms with Crippen LogP contribution in [-0.2, 0) is 6.42 Å². The summed E-state index contributed by atoms with van der Waals surface area (Å²) >= 11 is 7.00. The highest BCUT2D eigenvalue weighted by molar-refractivity contribution is 7.80. The van der Waals surface area contributed by atoms with Gasteiger partial charge >= 0.3 is 5.97 Å². The van der Waals surface area contributed by atoms with Crippen LogP contribution in [0.4, 0.5) is 26.3 Å². The number of aliphatic hydroxyl groups is 1. The Kier molecular flexibility index (Phi) is 14.0. The topological polar surface area (TPSA) is 137 Å². The number of carboxylic acids is 1. The van der Waals surface area contributed by atoms with E-state index in [1.165, 1.54) is 28.7 Å². The van der Waals surface area contributed by atoms with Crippen molar-refractivity contribution in [1.29, 1.82) is 0 Å². The number of unbranched alkanes of at least 4 members (excludes halogenated alkanes) is 1. The SMILES string of the molecule is Cc1cc(N(CCCCO)c2nc(C(=O)O)c(CCCOc3ccc(C#CCN(C)CCCS)cc3F)s2)nnc1Nc1nc2ccccc2s1. The average molecular weight is 750 g/mol. The monoisotopic (exact) mass is 749 g/mol. The first-order valence-corrected chi connectivity index (χ1v) is 18.8. The predicted molar refractivity (Wildman–Crippen MR) is 205 cm³/mol. The van der Waals surface area contributed by atoms with Crippen LogP contribution in [0.3, 0.4) is 0 Å². The van der Waals surface area contributed by atoms with E-state index in [4.69, 9.17) is 4.74 Å². The van der Waals surface area contributed by atoms with E-state index in [1.54, 1.807) is 12.1 Å². The van der Waals surface area contributed by atoms with E-state index in [9.17, 15) is 19.4 Å². The summed E-state index contributed by atoms with van der Waals surface area (Å²) in [5.41, 5.74) is 2.22. The molecule has 0 amide bonds. The zero-order valence-electron chi connectivity index (χ0n) is 28.4. The van der Waals surface area contributed by atoms with Gasteiger partial charge in [0.15, 0.2) is 39.2 Å². The van der Waals surface area contributed by atoms with Crippen molar-refractivity contribution in [3.63, 3.8) is 0 Å². The van der Waals surface area contributed by atoms with Crippen molar-refractivity contribution in [3.8, 4) is 17.6 Å². The number of fused-ring (bicyclic) bond motifs is 1. The number of thiol groups is 1. The molecule has 0 unspecified atom stereocenters. The van der Waals surface area contributed by atoms with E-state index in [0.717, 1.165) is 34.5 Å². The molecule has 5 rings (SSSR count). The van der Waals surface area contributed by atoms with Crippen molar-refractivity contribution in [1.82, 2.24) is 25.1 Å². The number of aromatic carboxylic acids is 1. The summed E-state index contributed by atoms with van der Waals surface area (Å²) in [5.74, 6) is 6.39. The van der Waals surface area contributed by atoms with Gasteiger partial charge in [0.2, 0.25) is 0 Å². The van der Waals surface area contributed by atoms with Gasteiger partial charge in [0.25, 0.3) is 0 Å². The van der Waals surface area contributed by atoms with Crippen LogP contribution < -0.4 is 15.0 Å². The summed E-state index contributed by atoms with van der Waals surface area (Å²) in [6.45, 7) is 4.03. The average Bonchev–Trinajstić information content (AvgIpc) is 3.73. The minimum atomic E-state index is -1.14. The molecule has 5 aromatic rings. The molecule has 0 saturated carbocycles. The van der Waals surface area contributed by atoms with Gasteiger partial charge in [-0.25, -0.2) is 19.2 Å². The van der Waals surface area contributed by atoms with Crippen LogP contribution >= 0.6 is 35.3 Å². The standard InChI is InChI=1S/C36H40FN7O4S3/c1-24-22-31(41-42-33(24)40-35-38-27-11-3-4-12-29(27)50-35)44(18-5-6-19-45)36-39-32(34(46)47)30(51-36)13-8-20-48-28-15-14-25(23-26(28)37)10-7-16-43(2)17-9-21-49/h3-4,11-12,14-15,22-23,45,49H,5-6,8-9,13,16-21H2,1-2H3,(H,46,47)(H,38,40,42). The number of ether oxygens (including phenoxy) is 1. The number of rotatable bonds is 18. The van der Waals surface area contributed by atoms with E-state index in [0.29, 0.717) is 71.1 Å². The summed E-state index contributed by atoms with van der Waals surface area (Å²) < 4.78 is 21.5. The molecule has 0 radical (unpaired) electrons. The number of aromatic nitrogens is 4. The summed E-state index contributed by atoms with van der Waals surface area (Å²) in [7, 11) is 1.98. The highest BCUT2D eigenvalue weighted by atomic mass is 32.1. The maximum atomic E-state index is 14.8. The van der Waals surface area contributed by atoms with Gasteiger partial charge in [0.05, 0.1) is 23.4 Å². The second kappa shape index (κ2) is 18.8. The Morgan fingerprint density at radius 1 is 1.06 bits per heavy atom. The number of carbonyl (C=O) groups is 1. The molecule has 0 fully saturated rings. The lowest BCUT2D eigenvalue weighted by molar-refractivity contribution is 0.0690. The number of aryl methyl sites for hydroxylation is 2. The summed E-state index contributed by atoms with van der Waals surface area (Å²) in [4.78, 5) is 25.8. The van der Waals surface area contributed by atoms with Crippen molar-refractivity contribution < 1.29 is 24.1 Å². The Bertz CT molecular complexity index is 1960. The van der Waals surface area contributed by atoms with Crippen molar-refractivity contribution in [3.05, 3.63) is 76.0 Å². The molecule has 0 aliphatic heterocycles. The largest absolute Gasteiger partial charge is 0.491 e. The lowest BCUT2D eigenvalue weighted by Gasteiger charge is -2.21. The number of hydrogen-bond acceptors (Lipinski definition) is 13. The normalized spacial score (nSPS) is 11.1.